The van der Waals surface area contributed by atoms with E-state index in [0.29, 0.717) is 6.04 Å². The smallest absolute Gasteiger partial charge is 0.0548 e. The van der Waals surface area contributed by atoms with Crippen molar-refractivity contribution in [1.29, 1.82) is 0 Å². The maximum absolute atomic E-state index is 6.14. The van der Waals surface area contributed by atoms with E-state index in [-0.39, 0.29) is 0 Å². The van der Waals surface area contributed by atoms with E-state index in [9.17, 15) is 0 Å². The highest BCUT2D eigenvalue weighted by molar-refractivity contribution is 9.10. The molecular formula is C17H25BrClN. The lowest BCUT2D eigenvalue weighted by Crippen LogP contribution is -2.34. The van der Waals surface area contributed by atoms with Crippen LogP contribution in [-0.4, -0.2) is 6.54 Å². The third kappa shape index (κ3) is 3.78. The maximum atomic E-state index is 6.14. The molecule has 0 heterocycles. The Balaban J connectivity index is 2.26. The molecule has 3 heteroatoms. The van der Waals surface area contributed by atoms with Crippen molar-refractivity contribution >= 4 is 27.5 Å². The minimum absolute atomic E-state index is 0.457. The molecule has 3 unspecified atom stereocenters. The first kappa shape index (κ1) is 16.3. The molecule has 0 aromatic heterocycles. The third-order valence-electron chi connectivity index (χ3n) is 4.65. The monoisotopic (exact) mass is 357 g/mol. The van der Waals surface area contributed by atoms with Gasteiger partial charge in [-0.2, -0.15) is 0 Å². The molecule has 1 aliphatic carbocycles. The van der Waals surface area contributed by atoms with Gasteiger partial charge in [-0.1, -0.05) is 57.2 Å². The lowest BCUT2D eigenvalue weighted by molar-refractivity contribution is 0.176. The number of hydrogen-bond acceptors (Lipinski definition) is 1. The van der Waals surface area contributed by atoms with Crippen LogP contribution in [0, 0.1) is 11.8 Å². The fraction of sp³-hybridized carbons (Fsp3) is 0.647. The van der Waals surface area contributed by atoms with Crippen LogP contribution in [0.4, 0.5) is 0 Å². The van der Waals surface area contributed by atoms with E-state index in [2.05, 4.69) is 47.2 Å². The molecule has 0 spiro atoms. The zero-order valence-electron chi connectivity index (χ0n) is 12.5. The molecular weight excluding hydrogens is 334 g/mol. The van der Waals surface area contributed by atoms with Gasteiger partial charge in [0.2, 0.25) is 0 Å². The molecule has 1 aliphatic rings. The SMILES string of the molecule is CCNC(c1ccc(Cl)c(Br)c1)C1CCCCC1CC. The lowest BCUT2D eigenvalue weighted by Gasteiger charge is -2.37. The first-order valence-corrected chi connectivity index (χ1v) is 9.02. The fourth-order valence-corrected chi connectivity index (χ4v) is 4.14. The highest BCUT2D eigenvalue weighted by Gasteiger charge is 2.31. The van der Waals surface area contributed by atoms with Crippen molar-refractivity contribution in [3.8, 4) is 0 Å². The lowest BCUT2D eigenvalue weighted by atomic mass is 9.72. The number of hydrogen-bond donors (Lipinski definition) is 1. The van der Waals surface area contributed by atoms with Gasteiger partial charge in [0.15, 0.2) is 0 Å². The van der Waals surface area contributed by atoms with Crippen LogP contribution in [0.15, 0.2) is 22.7 Å². The normalized spacial score (nSPS) is 24.6. The summed E-state index contributed by atoms with van der Waals surface area (Å²) in [6, 6.07) is 6.84. The second-order valence-corrected chi connectivity index (χ2v) is 7.09. The van der Waals surface area contributed by atoms with Gasteiger partial charge in [0.25, 0.3) is 0 Å². The molecule has 1 saturated carbocycles. The summed E-state index contributed by atoms with van der Waals surface area (Å²) >= 11 is 9.70. The van der Waals surface area contributed by atoms with E-state index in [1.54, 1.807) is 0 Å². The van der Waals surface area contributed by atoms with Gasteiger partial charge in [0.1, 0.15) is 0 Å². The molecule has 20 heavy (non-hydrogen) atoms. The van der Waals surface area contributed by atoms with Crippen LogP contribution in [0.5, 0.6) is 0 Å². The molecule has 112 valence electrons. The van der Waals surface area contributed by atoms with Gasteiger partial charge in [0, 0.05) is 10.5 Å². The van der Waals surface area contributed by atoms with Crippen LogP contribution in [0.3, 0.4) is 0 Å². The summed E-state index contributed by atoms with van der Waals surface area (Å²) in [6.45, 7) is 5.54. The van der Waals surface area contributed by atoms with Crippen LogP contribution in [-0.2, 0) is 0 Å². The van der Waals surface area contributed by atoms with Crippen molar-refractivity contribution in [2.75, 3.05) is 6.54 Å². The Kier molecular flexibility index (Phi) is 6.38. The Morgan fingerprint density at radius 2 is 2.05 bits per heavy atom. The van der Waals surface area contributed by atoms with Gasteiger partial charge in [-0.05, 0) is 58.4 Å². The standard InChI is InChI=1S/C17H25BrClN/c1-3-12-7-5-6-8-14(12)17(20-4-2)13-9-10-16(19)15(18)11-13/h9-12,14,17,20H,3-8H2,1-2H3. The molecule has 1 fully saturated rings. The molecule has 3 atom stereocenters. The van der Waals surface area contributed by atoms with Crippen LogP contribution in [0.1, 0.15) is 57.6 Å². The number of halogens is 2. The molecule has 1 N–H and O–H groups in total. The average Bonchev–Trinajstić information content (AvgIpc) is 2.48. The number of benzene rings is 1. The van der Waals surface area contributed by atoms with Gasteiger partial charge in [0.05, 0.1) is 5.02 Å². The van der Waals surface area contributed by atoms with Crippen LogP contribution in [0.2, 0.25) is 5.02 Å². The fourth-order valence-electron chi connectivity index (χ4n) is 3.62. The molecule has 0 bridgehead atoms. The van der Waals surface area contributed by atoms with Gasteiger partial charge in [-0.3, -0.25) is 0 Å². The second-order valence-electron chi connectivity index (χ2n) is 5.83. The Bertz CT molecular complexity index is 435. The molecule has 0 radical (unpaired) electrons. The minimum Gasteiger partial charge on any atom is -0.310 e. The van der Waals surface area contributed by atoms with E-state index in [4.69, 9.17) is 11.6 Å². The summed E-state index contributed by atoms with van der Waals surface area (Å²) in [7, 11) is 0. The zero-order valence-corrected chi connectivity index (χ0v) is 14.8. The Morgan fingerprint density at radius 1 is 1.30 bits per heavy atom. The van der Waals surface area contributed by atoms with Crippen molar-refractivity contribution in [2.45, 2.75) is 52.0 Å². The van der Waals surface area contributed by atoms with E-state index >= 15 is 0 Å². The summed E-state index contributed by atoms with van der Waals surface area (Å²) in [5.41, 5.74) is 1.37. The van der Waals surface area contributed by atoms with Gasteiger partial charge in [-0.25, -0.2) is 0 Å². The quantitative estimate of drug-likeness (QED) is 0.683. The number of nitrogens with one attached hydrogen (secondary N) is 1. The molecule has 1 aromatic carbocycles. The summed E-state index contributed by atoms with van der Waals surface area (Å²) in [5, 5.41) is 4.51. The predicted molar refractivity (Wildman–Crippen MR) is 91.3 cm³/mol. The summed E-state index contributed by atoms with van der Waals surface area (Å²) in [5.74, 6) is 1.60. The van der Waals surface area contributed by atoms with Crippen molar-refractivity contribution in [3.63, 3.8) is 0 Å². The third-order valence-corrected chi connectivity index (χ3v) is 5.86. The molecule has 1 nitrogen and oxygen atoms in total. The molecule has 0 aliphatic heterocycles. The first-order valence-electron chi connectivity index (χ1n) is 7.85. The van der Waals surface area contributed by atoms with Crippen molar-refractivity contribution in [2.24, 2.45) is 11.8 Å². The van der Waals surface area contributed by atoms with Crippen LogP contribution >= 0.6 is 27.5 Å². The van der Waals surface area contributed by atoms with Crippen LogP contribution in [0.25, 0.3) is 0 Å². The molecule has 0 saturated heterocycles. The van der Waals surface area contributed by atoms with Crippen LogP contribution < -0.4 is 5.32 Å². The first-order chi connectivity index (χ1) is 9.67. The molecule has 1 aromatic rings. The van der Waals surface area contributed by atoms with E-state index in [1.807, 2.05) is 6.07 Å². The maximum Gasteiger partial charge on any atom is 0.0548 e. The van der Waals surface area contributed by atoms with Gasteiger partial charge < -0.3 is 5.32 Å². The van der Waals surface area contributed by atoms with Gasteiger partial charge >= 0.3 is 0 Å². The Labute approximate surface area is 136 Å². The summed E-state index contributed by atoms with van der Waals surface area (Å²) in [6.07, 6.45) is 6.80. The zero-order chi connectivity index (χ0) is 14.5. The van der Waals surface area contributed by atoms with Crippen molar-refractivity contribution in [3.05, 3.63) is 33.3 Å². The van der Waals surface area contributed by atoms with Gasteiger partial charge in [-0.15, -0.1) is 0 Å². The molecule has 0 amide bonds. The Hall–Kier alpha value is -0.0500. The number of rotatable bonds is 5. The summed E-state index contributed by atoms with van der Waals surface area (Å²) < 4.78 is 1.00. The topological polar surface area (TPSA) is 12.0 Å². The van der Waals surface area contributed by atoms with E-state index < -0.39 is 0 Å². The largest absolute Gasteiger partial charge is 0.310 e. The van der Waals surface area contributed by atoms with E-state index in [1.165, 1.54) is 37.7 Å². The Morgan fingerprint density at radius 3 is 2.70 bits per heavy atom. The van der Waals surface area contributed by atoms with E-state index in [0.717, 1.165) is 27.9 Å². The van der Waals surface area contributed by atoms with Crippen molar-refractivity contribution in [1.82, 2.24) is 5.32 Å². The highest BCUT2D eigenvalue weighted by atomic mass is 79.9. The second kappa shape index (κ2) is 7.82. The van der Waals surface area contributed by atoms with Crippen molar-refractivity contribution < 1.29 is 0 Å². The highest BCUT2D eigenvalue weighted by Crippen LogP contribution is 2.41. The minimum atomic E-state index is 0.457. The molecule has 2 rings (SSSR count). The summed E-state index contributed by atoms with van der Waals surface area (Å²) in [4.78, 5) is 0. The predicted octanol–water partition coefficient (Wildman–Crippen LogP) is 5.97. The average molecular weight is 359 g/mol.